The molecule has 1 N–H and O–H groups in total. The van der Waals surface area contributed by atoms with Crippen LogP contribution in [0, 0.1) is 5.92 Å². The number of alkyl halides is 6. The van der Waals surface area contributed by atoms with Crippen molar-refractivity contribution in [3.8, 4) is 28.4 Å². The van der Waals surface area contributed by atoms with Gasteiger partial charge in [-0.2, -0.15) is 0 Å². The second kappa shape index (κ2) is 9.03. The van der Waals surface area contributed by atoms with Crippen molar-refractivity contribution >= 4 is 0 Å². The first-order valence-electron chi connectivity index (χ1n) is 9.18. The van der Waals surface area contributed by atoms with Crippen molar-refractivity contribution in [2.24, 2.45) is 5.92 Å². The molecule has 1 aliphatic heterocycles. The molecule has 1 aliphatic rings. The van der Waals surface area contributed by atoms with Crippen molar-refractivity contribution in [2.75, 3.05) is 19.7 Å². The third-order valence-corrected chi connectivity index (χ3v) is 4.50. The molecule has 3 rings (SSSR count). The lowest BCUT2D eigenvalue weighted by molar-refractivity contribution is -0.275. The topological polar surface area (TPSA) is 39.7 Å². The highest BCUT2D eigenvalue weighted by molar-refractivity contribution is 5.68. The summed E-state index contributed by atoms with van der Waals surface area (Å²) in [5.41, 5.74) is 0.680. The molecule has 0 spiro atoms. The van der Waals surface area contributed by atoms with Crippen LogP contribution in [0.2, 0.25) is 0 Å². The zero-order valence-corrected chi connectivity index (χ0v) is 15.6. The predicted molar refractivity (Wildman–Crippen MR) is 96.3 cm³/mol. The van der Waals surface area contributed by atoms with Gasteiger partial charge in [0.05, 0.1) is 6.61 Å². The number of ether oxygens (including phenoxy) is 3. The van der Waals surface area contributed by atoms with Crippen molar-refractivity contribution < 1.29 is 40.6 Å². The molecule has 0 atom stereocenters. The average Bonchev–Trinajstić information content (AvgIpc) is 2.66. The second-order valence-corrected chi connectivity index (χ2v) is 6.79. The number of nitrogens with one attached hydrogen (secondary N) is 1. The highest BCUT2D eigenvalue weighted by Crippen LogP contribution is 2.37. The summed E-state index contributed by atoms with van der Waals surface area (Å²) in [6.45, 7) is 1.80. The standard InChI is InChI=1S/C20H19F6NO3/c21-19(22,23)29-16-3-1-2-14(10-16)15-4-5-17(30-20(24,25)26)18(11-15)28-12-13-6-8-27-9-7-13/h1-5,10-11,13,27H,6-9,12H2. The van der Waals surface area contributed by atoms with Gasteiger partial charge < -0.3 is 19.5 Å². The van der Waals surface area contributed by atoms with E-state index in [1.165, 1.54) is 24.3 Å². The van der Waals surface area contributed by atoms with Crippen LogP contribution in [0.3, 0.4) is 0 Å². The first-order chi connectivity index (χ1) is 14.1. The highest BCUT2D eigenvalue weighted by Gasteiger charge is 2.33. The number of benzene rings is 2. The molecule has 1 fully saturated rings. The molecule has 0 radical (unpaired) electrons. The fourth-order valence-corrected chi connectivity index (χ4v) is 3.14. The van der Waals surface area contributed by atoms with Crippen molar-refractivity contribution in [2.45, 2.75) is 25.6 Å². The molecule has 1 heterocycles. The number of halogens is 6. The van der Waals surface area contributed by atoms with E-state index in [1.807, 2.05) is 0 Å². The summed E-state index contributed by atoms with van der Waals surface area (Å²) in [4.78, 5) is 0. The molecule has 4 nitrogen and oxygen atoms in total. The molecule has 0 unspecified atom stereocenters. The van der Waals surface area contributed by atoms with Gasteiger partial charge in [-0.25, -0.2) is 0 Å². The van der Waals surface area contributed by atoms with Crippen LogP contribution >= 0.6 is 0 Å². The van der Waals surface area contributed by atoms with Gasteiger partial charge in [0.2, 0.25) is 0 Å². The van der Waals surface area contributed by atoms with E-state index in [0.717, 1.165) is 44.1 Å². The van der Waals surface area contributed by atoms with E-state index >= 15 is 0 Å². The normalized spacial score (nSPS) is 15.7. The summed E-state index contributed by atoms with van der Waals surface area (Å²) in [5.74, 6) is -0.904. The first-order valence-corrected chi connectivity index (χ1v) is 9.18. The molecular formula is C20H19F6NO3. The van der Waals surface area contributed by atoms with Gasteiger partial charge in [0, 0.05) is 0 Å². The van der Waals surface area contributed by atoms with E-state index < -0.39 is 24.2 Å². The van der Waals surface area contributed by atoms with Gasteiger partial charge in [-0.15, -0.1) is 26.3 Å². The van der Waals surface area contributed by atoms with E-state index in [-0.39, 0.29) is 18.3 Å². The third-order valence-electron chi connectivity index (χ3n) is 4.50. The van der Waals surface area contributed by atoms with Gasteiger partial charge in [0.15, 0.2) is 11.5 Å². The molecule has 0 aromatic heterocycles. The lowest BCUT2D eigenvalue weighted by Crippen LogP contribution is -2.30. The smallest absolute Gasteiger partial charge is 0.489 e. The van der Waals surface area contributed by atoms with Crippen LogP contribution in [-0.4, -0.2) is 32.4 Å². The van der Waals surface area contributed by atoms with E-state index in [4.69, 9.17) is 4.74 Å². The van der Waals surface area contributed by atoms with E-state index in [0.29, 0.717) is 11.1 Å². The fourth-order valence-electron chi connectivity index (χ4n) is 3.14. The van der Waals surface area contributed by atoms with Crippen LogP contribution in [0.1, 0.15) is 12.8 Å². The Labute approximate surface area is 168 Å². The Balaban J connectivity index is 1.85. The van der Waals surface area contributed by atoms with Crippen molar-refractivity contribution in [1.82, 2.24) is 5.32 Å². The summed E-state index contributed by atoms with van der Waals surface area (Å²) in [6.07, 6.45) is -8.11. The summed E-state index contributed by atoms with van der Waals surface area (Å²) in [7, 11) is 0. The van der Waals surface area contributed by atoms with Gasteiger partial charge >= 0.3 is 12.7 Å². The van der Waals surface area contributed by atoms with Crippen molar-refractivity contribution in [3.63, 3.8) is 0 Å². The van der Waals surface area contributed by atoms with Gasteiger partial charge in [0.25, 0.3) is 0 Å². The Morgan fingerprint density at radius 1 is 0.800 bits per heavy atom. The predicted octanol–water partition coefficient (Wildman–Crippen LogP) is 5.53. The van der Waals surface area contributed by atoms with Crippen molar-refractivity contribution in [3.05, 3.63) is 42.5 Å². The Kier molecular flexibility index (Phi) is 6.64. The Morgan fingerprint density at radius 3 is 2.13 bits per heavy atom. The number of piperidine rings is 1. The Morgan fingerprint density at radius 2 is 1.47 bits per heavy atom. The zero-order valence-electron chi connectivity index (χ0n) is 15.6. The maximum Gasteiger partial charge on any atom is 0.573 e. The second-order valence-electron chi connectivity index (χ2n) is 6.79. The van der Waals surface area contributed by atoms with Crippen LogP contribution in [-0.2, 0) is 0 Å². The third kappa shape index (κ3) is 6.72. The molecule has 30 heavy (non-hydrogen) atoms. The molecule has 10 heteroatoms. The summed E-state index contributed by atoms with van der Waals surface area (Å²) >= 11 is 0. The summed E-state index contributed by atoms with van der Waals surface area (Å²) in [6, 6.07) is 8.85. The van der Waals surface area contributed by atoms with E-state index in [2.05, 4.69) is 14.8 Å². The molecular weight excluding hydrogens is 416 g/mol. The minimum absolute atomic E-state index is 0.134. The highest BCUT2D eigenvalue weighted by atomic mass is 19.4. The molecule has 0 amide bonds. The molecule has 2 aromatic carbocycles. The monoisotopic (exact) mass is 435 g/mol. The summed E-state index contributed by atoms with van der Waals surface area (Å²) in [5, 5.41) is 3.19. The van der Waals surface area contributed by atoms with E-state index in [1.54, 1.807) is 0 Å². The molecule has 2 aromatic rings. The lowest BCUT2D eigenvalue weighted by atomic mass is 9.99. The SMILES string of the molecule is FC(F)(F)Oc1cccc(-c2ccc(OC(F)(F)F)c(OCC3CCNCC3)c2)c1. The molecule has 0 saturated carbocycles. The fraction of sp³-hybridized carbons (Fsp3) is 0.400. The quantitative estimate of drug-likeness (QED) is 0.606. The molecule has 164 valence electrons. The van der Waals surface area contributed by atoms with Gasteiger partial charge in [-0.3, -0.25) is 0 Å². The molecule has 0 bridgehead atoms. The minimum atomic E-state index is -4.91. The molecule has 0 aliphatic carbocycles. The number of hydrogen-bond acceptors (Lipinski definition) is 4. The Hall–Kier alpha value is -2.62. The summed E-state index contributed by atoms with van der Waals surface area (Å²) < 4.78 is 89.2. The largest absolute Gasteiger partial charge is 0.573 e. The van der Waals surface area contributed by atoms with Crippen molar-refractivity contribution in [1.29, 1.82) is 0 Å². The Bertz CT molecular complexity index is 847. The van der Waals surface area contributed by atoms with Crippen LogP contribution in [0.4, 0.5) is 26.3 Å². The van der Waals surface area contributed by atoms with Crippen LogP contribution in [0.5, 0.6) is 17.2 Å². The minimum Gasteiger partial charge on any atom is -0.489 e. The number of rotatable bonds is 6. The maximum absolute atomic E-state index is 12.7. The zero-order chi connectivity index (χ0) is 21.8. The maximum atomic E-state index is 12.7. The van der Waals surface area contributed by atoms with Gasteiger partial charge in [-0.05, 0) is 67.2 Å². The lowest BCUT2D eigenvalue weighted by Gasteiger charge is -2.23. The van der Waals surface area contributed by atoms with Crippen LogP contribution in [0.25, 0.3) is 11.1 Å². The molecule has 1 saturated heterocycles. The van der Waals surface area contributed by atoms with E-state index in [9.17, 15) is 26.3 Å². The van der Waals surface area contributed by atoms with Gasteiger partial charge in [-0.1, -0.05) is 18.2 Å². The van der Waals surface area contributed by atoms with Gasteiger partial charge in [0.1, 0.15) is 5.75 Å². The first kappa shape index (κ1) is 22.1. The number of hydrogen-bond donors (Lipinski definition) is 1. The van der Waals surface area contributed by atoms with Crippen LogP contribution < -0.4 is 19.5 Å². The van der Waals surface area contributed by atoms with Crippen LogP contribution in [0.15, 0.2) is 42.5 Å². The average molecular weight is 435 g/mol.